The van der Waals surface area contributed by atoms with Gasteiger partial charge in [0.05, 0.1) is 6.10 Å². The van der Waals surface area contributed by atoms with Crippen molar-refractivity contribution in [2.45, 2.75) is 18.9 Å². The van der Waals surface area contributed by atoms with Gasteiger partial charge in [0.2, 0.25) is 0 Å². The fourth-order valence-corrected chi connectivity index (χ4v) is 2.76. The van der Waals surface area contributed by atoms with E-state index in [0.29, 0.717) is 0 Å². The van der Waals surface area contributed by atoms with Gasteiger partial charge in [0.15, 0.2) is 0 Å². The van der Waals surface area contributed by atoms with E-state index >= 15 is 0 Å². The van der Waals surface area contributed by atoms with Crippen LogP contribution in [0.4, 0.5) is 0 Å². The van der Waals surface area contributed by atoms with Crippen molar-refractivity contribution in [3.8, 4) is 0 Å². The quantitative estimate of drug-likeness (QED) is 0.814. The molecule has 0 aliphatic heterocycles. The molecule has 0 heterocycles. The van der Waals surface area contributed by atoms with E-state index in [4.69, 9.17) is 0 Å². The van der Waals surface area contributed by atoms with E-state index in [1.807, 2.05) is 36.4 Å². The van der Waals surface area contributed by atoms with Crippen molar-refractivity contribution in [3.05, 3.63) is 68.6 Å². The molecular formula is C15H14Br2O. The third-order valence-electron chi connectivity index (χ3n) is 2.87. The molecule has 1 atom stereocenters. The Bertz CT molecular complexity index is 511. The Hall–Kier alpha value is -0.640. The van der Waals surface area contributed by atoms with E-state index in [1.54, 1.807) is 0 Å². The van der Waals surface area contributed by atoms with E-state index in [2.05, 4.69) is 44.0 Å². The minimum absolute atomic E-state index is 0.447. The molecule has 0 amide bonds. The van der Waals surface area contributed by atoms with Gasteiger partial charge in [-0.3, -0.25) is 0 Å². The first-order valence-corrected chi connectivity index (χ1v) is 7.42. The zero-order valence-electron chi connectivity index (χ0n) is 9.81. The van der Waals surface area contributed by atoms with E-state index in [9.17, 15) is 5.11 Å². The molecule has 0 fully saturated rings. The van der Waals surface area contributed by atoms with Crippen LogP contribution in [0, 0.1) is 0 Å². The molecular weight excluding hydrogens is 356 g/mol. The van der Waals surface area contributed by atoms with Crippen LogP contribution in [0.15, 0.2) is 57.5 Å². The molecule has 0 bridgehead atoms. The Morgan fingerprint density at radius 3 is 2.44 bits per heavy atom. The molecule has 2 aromatic carbocycles. The van der Waals surface area contributed by atoms with Crippen LogP contribution in [0.1, 0.15) is 23.7 Å². The fourth-order valence-electron chi connectivity index (χ4n) is 1.87. The molecule has 94 valence electrons. The van der Waals surface area contributed by atoms with Crippen LogP contribution in [0.25, 0.3) is 0 Å². The van der Waals surface area contributed by atoms with Gasteiger partial charge in [-0.05, 0) is 42.2 Å². The molecule has 0 aliphatic rings. The van der Waals surface area contributed by atoms with Crippen molar-refractivity contribution in [2.75, 3.05) is 0 Å². The summed E-state index contributed by atoms with van der Waals surface area (Å²) >= 11 is 6.91. The monoisotopic (exact) mass is 368 g/mol. The SMILES string of the molecule is OC(CCc1ccccc1)c1cc(Br)ccc1Br. The normalized spacial score (nSPS) is 12.4. The first-order chi connectivity index (χ1) is 8.66. The van der Waals surface area contributed by atoms with E-state index in [-0.39, 0.29) is 0 Å². The van der Waals surface area contributed by atoms with Crippen molar-refractivity contribution in [2.24, 2.45) is 0 Å². The van der Waals surface area contributed by atoms with Crippen LogP contribution in [-0.2, 0) is 6.42 Å². The van der Waals surface area contributed by atoms with Gasteiger partial charge in [-0.15, -0.1) is 0 Å². The summed E-state index contributed by atoms with van der Waals surface area (Å²) in [6.07, 6.45) is 1.15. The number of hydrogen-bond donors (Lipinski definition) is 1. The molecule has 2 aromatic rings. The molecule has 0 saturated carbocycles. The number of aliphatic hydroxyl groups is 1. The van der Waals surface area contributed by atoms with Gasteiger partial charge in [0.25, 0.3) is 0 Å². The third kappa shape index (κ3) is 3.67. The first kappa shape index (κ1) is 13.8. The maximum absolute atomic E-state index is 10.2. The van der Waals surface area contributed by atoms with Gasteiger partial charge in [-0.2, -0.15) is 0 Å². The second kappa shape index (κ2) is 6.50. The van der Waals surface area contributed by atoms with Crippen molar-refractivity contribution in [3.63, 3.8) is 0 Å². The van der Waals surface area contributed by atoms with Crippen molar-refractivity contribution in [1.29, 1.82) is 0 Å². The predicted molar refractivity (Wildman–Crippen MR) is 81.6 cm³/mol. The Labute approximate surface area is 124 Å². The van der Waals surface area contributed by atoms with Crippen LogP contribution >= 0.6 is 31.9 Å². The second-order valence-corrected chi connectivity index (χ2v) is 5.98. The Morgan fingerprint density at radius 2 is 1.72 bits per heavy atom. The van der Waals surface area contributed by atoms with Crippen molar-refractivity contribution < 1.29 is 5.11 Å². The van der Waals surface area contributed by atoms with Gasteiger partial charge in [-0.1, -0.05) is 62.2 Å². The maximum atomic E-state index is 10.2. The summed E-state index contributed by atoms with van der Waals surface area (Å²) < 4.78 is 1.94. The number of rotatable bonds is 4. The molecule has 0 radical (unpaired) electrons. The highest BCUT2D eigenvalue weighted by Crippen LogP contribution is 2.29. The van der Waals surface area contributed by atoms with Gasteiger partial charge in [0, 0.05) is 8.95 Å². The van der Waals surface area contributed by atoms with Crippen LogP contribution in [0.5, 0.6) is 0 Å². The van der Waals surface area contributed by atoms with Crippen LogP contribution < -0.4 is 0 Å². The lowest BCUT2D eigenvalue weighted by atomic mass is 10.0. The fraction of sp³-hybridized carbons (Fsp3) is 0.200. The molecule has 1 N–H and O–H groups in total. The first-order valence-electron chi connectivity index (χ1n) is 5.84. The Balaban J connectivity index is 2.03. The van der Waals surface area contributed by atoms with E-state index < -0.39 is 6.10 Å². The van der Waals surface area contributed by atoms with Crippen LogP contribution in [-0.4, -0.2) is 5.11 Å². The summed E-state index contributed by atoms with van der Waals surface area (Å²) in [5.74, 6) is 0. The molecule has 0 aliphatic carbocycles. The van der Waals surface area contributed by atoms with Gasteiger partial charge < -0.3 is 5.11 Å². The van der Waals surface area contributed by atoms with Gasteiger partial charge >= 0.3 is 0 Å². The summed E-state index contributed by atoms with van der Waals surface area (Å²) in [6.45, 7) is 0. The molecule has 0 spiro atoms. The second-order valence-electron chi connectivity index (χ2n) is 4.21. The summed E-state index contributed by atoms with van der Waals surface area (Å²) in [5, 5.41) is 10.2. The number of halogens is 2. The van der Waals surface area contributed by atoms with E-state index in [0.717, 1.165) is 27.4 Å². The number of benzene rings is 2. The summed E-state index contributed by atoms with van der Waals surface area (Å²) in [7, 11) is 0. The smallest absolute Gasteiger partial charge is 0.0804 e. The zero-order chi connectivity index (χ0) is 13.0. The predicted octanol–water partition coefficient (Wildman–Crippen LogP) is 4.88. The Kier molecular flexibility index (Phi) is 4.98. The summed E-state index contributed by atoms with van der Waals surface area (Å²) in [5.41, 5.74) is 2.18. The molecule has 0 saturated heterocycles. The molecule has 0 aromatic heterocycles. The molecule has 2 rings (SSSR count). The van der Waals surface area contributed by atoms with Crippen molar-refractivity contribution >= 4 is 31.9 Å². The lowest BCUT2D eigenvalue weighted by Gasteiger charge is -2.13. The number of aliphatic hydroxyl groups excluding tert-OH is 1. The molecule has 1 nitrogen and oxygen atoms in total. The molecule has 18 heavy (non-hydrogen) atoms. The number of aryl methyl sites for hydroxylation is 1. The number of hydrogen-bond acceptors (Lipinski definition) is 1. The third-order valence-corrected chi connectivity index (χ3v) is 4.08. The highest BCUT2D eigenvalue weighted by atomic mass is 79.9. The minimum atomic E-state index is -0.447. The molecule has 3 heteroatoms. The highest BCUT2D eigenvalue weighted by Gasteiger charge is 2.11. The lowest BCUT2D eigenvalue weighted by Crippen LogP contribution is -2.00. The lowest BCUT2D eigenvalue weighted by molar-refractivity contribution is 0.167. The minimum Gasteiger partial charge on any atom is -0.388 e. The van der Waals surface area contributed by atoms with Crippen LogP contribution in [0.3, 0.4) is 0 Å². The summed E-state index contributed by atoms with van der Waals surface area (Å²) in [6, 6.07) is 16.1. The average Bonchev–Trinajstić information content (AvgIpc) is 2.40. The van der Waals surface area contributed by atoms with E-state index in [1.165, 1.54) is 5.56 Å². The van der Waals surface area contributed by atoms with Gasteiger partial charge in [-0.25, -0.2) is 0 Å². The van der Waals surface area contributed by atoms with Crippen LogP contribution in [0.2, 0.25) is 0 Å². The van der Waals surface area contributed by atoms with Gasteiger partial charge in [0.1, 0.15) is 0 Å². The molecule has 1 unspecified atom stereocenters. The average molecular weight is 370 g/mol. The largest absolute Gasteiger partial charge is 0.388 e. The Morgan fingerprint density at radius 1 is 1.00 bits per heavy atom. The highest BCUT2D eigenvalue weighted by molar-refractivity contribution is 9.11. The standard InChI is InChI=1S/C15H14Br2O/c16-12-7-8-14(17)13(10-12)15(18)9-6-11-4-2-1-3-5-11/h1-5,7-8,10,15,18H,6,9H2. The summed E-state index contributed by atoms with van der Waals surface area (Å²) in [4.78, 5) is 0. The zero-order valence-corrected chi connectivity index (χ0v) is 13.0. The topological polar surface area (TPSA) is 20.2 Å². The van der Waals surface area contributed by atoms with Crippen molar-refractivity contribution in [1.82, 2.24) is 0 Å². The maximum Gasteiger partial charge on any atom is 0.0804 e.